The van der Waals surface area contributed by atoms with Crippen molar-refractivity contribution in [2.75, 3.05) is 64.6 Å². The van der Waals surface area contributed by atoms with Crippen LogP contribution in [0.3, 0.4) is 0 Å². The van der Waals surface area contributed by atoms with E-state index in [2.05, 4.69) is 54.8 Å². The average Bonchev–Trinajstić information content (AvgIpc) is 2.79. The van der Waals surface area contributed by atoms with Crippen LogP contribution in [0.4, 0.5) is 5.69 Å². The van der Waals surface area contributed by atoms with Gasteiger partial charge in [-0.1, -0.05) is 32.9 Å². The average molecular weight is 443 g/mol. The van der Waals surface area contributed by atoms with Crippen LogP contribution in [0.1, 0.15) is 26.3 Å². The molecule has 6 heteroatoms. The van der Waals surface area contributed by atoms with Crippen molar-refractivity contribution in [2.45, 2.75) is 32.3 Å². The Bertz CT molecular complexity index is 794. The fraction of sp³-hybridized carbons (Fsp3) is 0.538. The maximum atomic E-state index is 10.3. The van der Waals surface area contributed by atoms with Crippen LogP contribution in [0.2, 0.25) is 0 Å². The molecule has 1 aliphatic rings. The van der Waals surface area contributed by atoms with Gasteiger partial charge in [-0.3, -0.25) is 4.90 Å². The lowest BCUT2D eigenvalue weighted by molar-refractivity contribution is 0.00718. The van der Waals surface area contributed by atoms with Crippen LogP contribution in [0.15, 0.2) is 48.5 Å². The Morgan fingerprint density at radius 1 is 0.875 bits per heavy atom. The predicted octanol–water partition coefficient (Wildman–Crippen LogP) is 3.57. The number of rotatable bonds is 10. The molecule has 1 fully saturated rings. The van der Waals surface area contributed by atoms with Crippen LogP contribution in [-0.4, -0.2) is 75.8 Å². The van der Waals surface area contributed by atoms with Crippen molar-refractivity contribution in [3.63, 3.8) is 0 Å². The number of hydrogen-bond acceptors (Lipinski definition) is 6. The second-order valence-corrected chi connectivity index (χ2v) is 9.34. The molecule has 1 aliphatic heterocycles. The number of benzene rings is 2. The summed E-state index contributed by atoms with van der Waals surface area (Å²) >= 11 is 0. The third kappa shape index (κ3) is 7.40. The highest BCUT2D eigenvalue weighted by atomic mass is 16.5. The number of piperazine rings is 1. The second kappa shape index (κ2) is 11.5. The van der Waals surface area contributed by atoms with Gasteiger partial charge in [-0.2, -0.15) is 0 Å². The molecule has 176 valence electrons. The molecule has 0 unspecified atom stereocenters. The maximum Gasteiger partial charge on any atom is 0.119 e. The van der Waals surface area contributed by atoms with E-state index in [4.69, 9.17) is 14.2 Å². The number of aliphatic hydroxyl groups excluding tert-OH is 1. The summed E-state index contributed by atoms with van der Waals surface area (Å²) in [7, 11) is 1.68. The van der Waals surface area contributed by atoms with Crippen LogP contribution in [0.5, 0.6) is 11.5 Å². The molecule has 32 heavy (non-hydrogen) atoms. The summed E-state index contributed by atoms with van der Waals surface area (Å²) in [4.78, 5) is 4.66. The normalized spacial score (nSPS) is 16.1. The highest BCUT2D eigenvalue weighted by molar-refractivity contribution is 5.49. The van der Waals surface area contributed by atoms with E-state index in [-0.39, 0.29) is 5.41 Å². The topological polar surface area (TPSA) is 54.4 Å². The van der Waals surface area contributed by atoms with Crippen molar-refractivity contribution < 1.29 is 19.3 Å². The molecule has 1 atom stereocenters. The number of hydrogen-bond donors (Lipinski definition) is 1. The Balaban J connectivity index is 1.28. The van der Waals surface area contributed by atoms with Crippen molar-refractivity contribution in [1.29, 1.82) is 0 Å². The van der Waals surface area contributed by atoms with Crippen LogP contribution in [0, 0.1) is 0 Å². The fourth-order valence-electron chi connectivity index (χ4n) is 3.82. The smallest absolute Gasteiger partial charge is 0.119 e. The van der Waals surface area contributed by atoms with Crippen molar-refractivity contribution in [3.05, 3.63) is 54.1 Å². The number of β-amino-alcohol motifs (C(OH)–C–C–N with tert-alkyl or cyclic N) is 1. The Morgan fingerprint density at radius 2 is 1.50 bits per heavy atom. The molecule has 0 radical (unpaired) electrons. The molecule has 1 N–H and O–H groups in total. The van der Waals surface area contributed by atoms with Crippen molar-refractivity contribution in [1.82, 2.24) is 4.90 Å². The van der Waals surface area contributed by atoms with Gasteiger partial charge in [-0.05, 0) is 47.4 Å². The second-order valence-electron chi connectivity index (χ2n) is 9.34. The molecule has 6 nitrogen and oxygen atoms in total. The molecule has 0 bridgehead atoms. The van der Waals surface area contributed by atoms with E-state index in [0.717, 1.165) is 37.7 Å². The van der Waals surface area contributed by atoms with Crippen molar-refractivity contribution in [2.24, 2.45) is 0 Å². The third-order valence-corrected chi connectivity index (χ3v) is 5.81. The predicted molar refractivity (Wildman–Crippen MR) is 129 cm³/mol. The van der Waals surface area contributed by atoms with Gasteiger partial charge >= 0.3 is 0 Å². The van der Waals surface area contributed by atoms with Gasteiger partial charge in [0.1, 0.15) is 18.1 Å². The largest absolute Gasteiger partial charge is 0.497 e. The van der Waals surface area contributed by atoms with E-state index < -0.39 is 6.10 Å². The first-order valence-electron chi connectivity index (χ1n) is 11.5. The van der Waals surface area contributed by atoms with Gasteiger partial charge in [0.05, 0.1) is 26.4 Å². The monoisotopic (exact) mass is 442 g/mol. The minimum absolute atomic E-state index is 0.139. The Morgan fingerprint density at radius 3 is 2.09 bits per heavy atom. The summed E-state index contributed by atoms with van der Waals surface area (Å²) in [5.74, 6) is 1.72. The Labute approximate surface area is 192 Å². The zero-order valence-corrected chi connectivity index (χ0v) is 19.9. The number of ether oxygens (including phenoxy) is 3. The number of methoxy groups -OCH3 is 1. The van der Waals surface area contributed by atoms with Gasteiger partial charge in [-0.15, -0.1) is 0 Å². The molecule has 3 rings (SSSR count). The fourth-order valence-corrected chi connectivity index (χ4v) is 3.82. The summed E-state index contributed by atoms with van der Waals surface area (Å²) in [5.41, 5.74) is 2.64. The highest BCUT2D eigenvalue weighted by Crippen LogP contribution is 2.24. The lowest BCUT2D eigenvalue weighted by atomic mass is 9.87. The summed E-state index contributed by atoms with van der Waals surface area (Å²) < 4.78 is 16.6. The molecule has 2 aromatic rings. The zero-order valence-electron chi connectivity index (χ0n) is 19.9. The highest BCUT2D eigenvalue weighted by Gasteiger charge is 2.19. The van der Waals surface area contributed by atoms with E-state index >= 15 is 0 Å². The van der Waals surface area contributed by atoms with E-state index in [1.165, 1.54) is 11.3 Å². The summed E-state index contributed by atoms with van der Waals surface area (Å²) in [6, 6.07) is 16.4. The van der Waals surface area contributed by atoms with Gasteiger partial charge < -0.3 is 24.2 Å². The molecular weight excluding hydrogens is 404 g/mol. The van der Waals surface area contributed by atoms with Gasteiger partial charge in [0, 0.05) is 38.4 Å². The standard InChI is InChI=1S/C26H38N2O4/c1-26(2,3)21-5-9-25(10-6-21)32-18-17-31-20-23(29)19-27-13-15-28(16-14-27)22-7-11-24(30-4)12-8-22/h5-12,23,29H,13-20H2,1-4H3/t23-/m1/s1. The molecule has 0 aliphatic carbocycles. The molecule has 0 spiro atoms. The number of nitrogens with zero attached hydrogens (tertiary/aromatic N) is 2. The van der Waals surface area contributed by atoms with Gasteiger partial charge in [0.15, 0.2) is 0 Å². The summed E-state index contributed by atoms with van der Waals surface area (Å²) in [5, 5.41) is 10.3. The first-order chi connectivity index (χ1) is 15.3. The third-order valence-electron chi connectivity index (χ3n) is 5.81. The zero-order chi connectivity index (χ0) is 23.0. The van der Waals surface area contributed by atoms with Gasteiger partial charge in [0.2, 0.25) is 0 Å². The van der Waals surface area contributed by atoms with Crippen LogP contribution >= 0.6 is 0 Å². The minimum Gasteiger partial charge on any atom is -0.497 e. The van der Waals surface area contributed by atoms with Crippen LogP contribution < -0.4 is 14.4 Å². The first kappa shape index (κ1) is 24.4. The van der Waals surface area contributed by atoms with Gasteiger partial charge in [0.25, 0.3) is 0 Å². The molecule has 0 aromatic heterocycles. The van der Waals surface area contributed by atoms with E-state index in [9.17, 15) is 5.11 Å². The molecule has 1 heterocycles. The van der Waals surface area contributed by atoms with E-state index in [1.54, 1.807) is 7.11 Å². The molecule has 1 saturated heterocycles. The van der Waals surface area contributed by atoms with Crippen LogP contribution in [-0.2, 0) is 10.2 Å². The molecule has 0 amide bonds. The van der Waals surface area contributed by atoms with Crippen molar-refractivity contribution in [3.8, 4) is 11.5 Å². The van der Waals surface area contributed by atoms with Crippen LogP contribution in [0.25, 0.3) is 0 Å². The first-order valence-corrected chi connectivity index (χ1v) is 11.5. The molecule has 2 aromatic carbocycles. The summed E-state index contributed by atoms with van der Waals surface area (Å²) in [6.45, 7) is 12.2. The Kier molecular flexibility index (Phi) is 8.79. The molecule has 0 saturated carbocycles. The number of anilines is 1. The van der Waals surface area contributed by atoms with Gasteiger partial charge in [-0.25, -0.2) is 0 Å². The molecular formula is C26H38N2O4. The van der Waals surface area contributed by atoms with E-state index in [0.29, 0.717) is 26.4 Å². The van der Waals surface area contributed by atoms with E-state index in [1.807, 2.05) is 24.3 Å². The Hall–Kier alpha value is -2.28. The lowest BCUT2D eigenvalue weighted by Crippen LogP contribution is -2.49. The minimum atomic E-state index is -0.492. The number of aliphatic hydroxyl groups is 1. The quantitative estimate of drug-likeness (QED) is 0.568. The lowest BCUT2D eigenvalue weighted by Gasteiger charge is -2.36. The summed E-state index contributed by atoms with van der Waals surface area (Å²) in [6.07, 6.45) is -0.492. The van der Waals surface area contributed by atoms with Crippen molar-refractivity contribution >= 4 is 5.69 Å². The SMILES string of the molecule is COc1ccc(N2CCN(C[C@@H](O)COCCOc3ccc(C(C)(C)C)cc3)CC2)cc1. The maximum absolute atomic E-state index is 10.3.